The molecule has 2 heteroatoms. The van der Waals surface area contributed by atoms with Crippen molar-refractivity contribution in [1.29, 1.82) is 0 Å². The average molecular weight is 212 g/mol. The summed E-state index contributed by atoms with van der Waals surface area (Å²) in [6, 6.07) is 12.1. The predicted octanol–water partition coefficient (Wildman–Crippen LogP) is 3.41. The Morgan fingerprint density at radius 2 is 1.62 bits per heavy atom. The van der Waals surface area contributed by atoms with Gasteiger partial charge in [-0.25, -0.2) is 0 Å². The van der Waals surface area contributed by atoms with Crippen LogP contribution in [0.15, 0.2) is 49.0 Å². The van der Waals surface area contributed by atoms with Gasteiger partial charge in [0.1, 0.15) is 11.5 Å². The molecule has 0 amide bonds. The van der Waals surface area contributed by atoms with Gasteiger partial charge in [0.25, 0.3) is 0 Å². The topological polar surface area (TPSA) is 40.5 Å². The quantitative estimate of drug-likeness (QED) is 0.749. The molecule has 2 rings (SSSR count). The fraction of sp³-hybridized carbons (Fsp3) is 0. The zero-order valence-electron chi connectivity index (χ0n) is 8.72. The highest BCUT2D eigenvalue weighted by Crippen LogP contribution is 2.32. The largest absolute Gasteiger partial charge is 0.508 e. The van der Waals surface area contributed by atoms with E-state index >= 15 is 0 Å². The van der Waals surface area contributed by atoms with E-state index < -0.39 is 0 Å². The first-order valence-corrected chi connectivity index (χ1v) is 4.95. The summed E-state index contributed by atoms with van der Waals surface area (Å²) in [6.07, 6.45) is 1.76. The third kappa shape index (κ3) is 1.91. The Morgan fingerprint density at radius 3 is 2.25 bits per heavy atom. The average Bonchev–Trinajstić information content (AvgIpc) is 2.32. The summed E-state index contributed by atoms with van der Waals surface area (Å²) in [5, 5.41) is 19.1. The number of aromatic hydroxyl groups is 2. The standard InChI is InChI=1S/C14H12O2/c1-2-10-3-5-11(6-4-10)13-9-12(15)7-8-14(13)16/h2-9,15-16H,1H2. The molecule has 0 saturated heterocycles. The molecule has 0 aliphatic heterocycles. The first-order valence-electron chi connectivity index (χ1n) is 4.95. The van der Waals surface area contributed by atoms with Gasteiger partial charge in [0.2, 0.25) is 0 Å². The van der Waals surface area contributed by atoms with Gasteiger partial charge in [-0.3, -0.25) is 0 Å². The lowest BCUT2D eigenvalue weighted by Crippen LogP contribution is -1.80. The molecular formula is C14H12O2. The Labute approximate surface area is 94.1 Å². The van der Waals surface area contributed by atoms with E-state index in [1.165, 1.54) is 18.2 Å². The van der Waals surface area contributed by atoms with Crippen molar-refractivity contribution in [2.24, 2.45) is 0 Å². The molecule has 0 bridgehead atoms. The maximum Gasteiger partial charge on any atom is 0.123 e. The highest BCUT2D eigenvalue weighted by Gasteiger charge is 2.04. The molecule has 2 N–H and O–H groups in total. The normalized spacial score (nSPS) is 10.0. The number of rotatable bonds is 2. The molecular weight excluding hydrogens is 200 g/mol. The summed E-state index contributed by atoms with van der Waals surface area (Å²) >= 11 is 0. The van der Waals surface area contributed by atoms with Crippen LogP contribution in [0.3, 0.4) is 0 Å². The number of hydrogen-bond donors (Lipinski definition) is 2. The van der Waals surface area contributed by atoms with Gasteiger partial charge < -0.3 is 10.2 Å². The minimum Gasteiger partial charge on any atom is -0.508 e. The van der Waals surface area contributed by atoms with E-state index in [9.17, 15) is 10.2 Å². The second-order valence-corrected chi connectivity index (χ2v) is 3.53. The third-order valence-corrected chi connectivity index (χ3v) is 2.44. The van der Waals surface area contributed by atoms with Crippen LogP contribution in [0.4, 0.5) is 0 Å². The van der Waals surface area contributed by atoms with Crippen LogP contribution in [-0.4, -0.2) is 10.2 Å². The molecule has 0 heterocycles. The lowest BCUT2D eigenvalue weighted by Gasteiger charge is -2.05. The SMILES string of the molecule is C=Cc1ccc(-c2cc(O)ccc2O)cc1. The summed E-state index contributed by atoms with van der Waals surface area (Å²) in [5.41, 5.74) is 2.50. The van der Waals surface area contributed by atoms with Gasteiger partial charge in [-0.15, -0.1) is 0 Å². The molecule has 0 aromatic heterocycles. The summed E-state index contributed by atoms with van der Waals surface area (Å²) in [5.74, 6) is 0.296. The summed E-state index contributed by atoms with van der Waals surface area (Å²) in [6.45, 7) is 3.68. The van der Waals surface area contributed by atoms with Crippen molar-refractivity contribution in [3.63, 3.8) is 0 Å². The number of phenols is 2. The van der Waals surface area contributed by atoms with Crippen molar-refractivity contribution in [2.75, 3.05) is 0 Å². The Balaban J connectivity index is 2.49. The smallest absolute Gasteiger partial charge is 0.123 e. The second kappa shape index (κ2) is 4.11. The van der Waals surface area contributed by atoms with Gasteiger partial charge in [-0.2, -0.15) is 0 Å². The van der Waals surface area contributed by atoms with E-state index in [0.29, 0.717) is 5.56 Å². The van der Waals surface area contributed by atoms with Crippen molar-refractivity contribution < 1.29 is 10.2 Å². The lowest BCUT2D eigenvalue weighted by molar-refractivity contribution is 0.462. The molecule has 0 unspecified atom stereocenters. The van der Waals surface area contributed by atoms with Crippen LogP contribution in [-0.2, 0) is 0 Å². The van der Waals surface area contributed by atoms with Crippen LogP contribution in [0.25, 0.3) is 17.2 Å². The molecule has 0 fully saturated rings. The minimum absolute atomic E-state index is 0.139. The van der Waals surface area contributed by atoms with E-state index in [-0.39, 0.29) is 11.5 Å². The molecule has 0 spiro atoms. The number of phenolic OH excluding ortho intramolecular Hbond substituents is 2. The highest BCUT2D eigenvalue weighted by molar-refractivity contribution is 5.72. The van der Waals surface area contributed by atoms with Crippen LogP contribution in [0.5, 0.6) is 11.5 Å². The van der Waals surface area contributed by atoms with E-state index in [1.807, 2.05) is 24.3 Å². The van der Waals surface area contributed by atoms with E-state index in [1.54, 1.807) is 6.08 Å². The molecule has 0 atom stereocenters. The van der Waals surface area contributed by atoms with Gasteiger partial charge in [0.05, 0.1) is 0 Å². The maximum atomic E-state index is 9.68. The Kier molecular flexibility index (Phi) is 2.64. The fourth-order valence-electron chi connectivity index (χ4n) is 1.55. The Morgan fingerprint density at radius 1 is 0.938 bits per heavy atom. The first kappa shape index (κ1) is 10.3. The monoisotopic (exact) mass is 212 g/mol. The van der Waals surface area contributed by atoms with Crippen LogP contribution < -0.4 is 0 Å². The van der Waals surface area contributed by atoms with Gasteiger partial charge >= 0.3 is 0 Å². The number of hydrogen-bond acceptors (Lipinski definition) is 2. The molecule has 0 aliphatic carbocycles. The summed E-state index contributed by atoms with van der Waals surface area (Å²) < 4.78 is 0. The van der Waals surface area contributed by atoms with Gasteiger partial charge in [-0.05, 0) is 29.3 Å². The minimum atomic E-state index is 0.139. The van der Waals surface area contributed by atoms with Crippen molar-refractivity contribution in [3.8, 4) is 22.6 Å². The Hall–Kier alpha value is -2.22. The highest BCUT2D eigenvalue weighted by atomic mass is 16.3. The summed E-state index contributed by atoms with van der Waals surface area (Å²) in [7, 11) is 0. The van der Waals surface area contributed by atoms with Gasteiger partial charge in [-0.1, -0.05) is 36.9 Å². The van der Waals surface area contributed by atoms with Crippen LogP contribution in [0.1, 0.15) is 5.56 Å². The molecule has 0 aliphatic rings. The van der Waals surface area contributed by atoms with E-state index in [0.717, 1.165) is 11.1 Å². The van der Waals surface area contributed by atoms with Crippen molar-refractivity contribution in [3.05, 3.63) is 54.6 Å². The van der Waals surface area contributed by atoms with Crippen LogP contribution in [0.2, 0.25) is 0 Å². The molecule has 0 saturated carbocycles. The van der Waals surface area contributed by atoms with Crippen molar-refractivity contribution >= 4 is 6.08 Å². The Bertz CT molecular complexity index is 513. The summed E-state index contributed by atoms with van der Waals surface area (Å²) in [4.78, 5) is 0. The predicted molar refractivity (Wildman–Crippen MR) is 65.3 cm³/mol. The second-order valence-electron chi connectivity index (χ2n) is 3.53. The van der Waals surface area contributed by atoms with Gasteiger partial charge in [0.15, 0.2) is 0 Å². The molecule has 16 heavy (non-hydrogen) atoms. The molecule has 2 aromatic carbocycles. The molecule has 0 radical (unpaired) electrons. The zero-order valence-corrected chi connectivity index (χ0v) is 8.72. The maximum absolute atomic E-state index is 9.68. The van der Waals surface area contributed by atoms with Crippen LogP contribution in [0, 0.1) is 0 Å². The molecule has 2 aromatic rings. The van der Waals surface area contributed by atoms with E-state index in [4.69, 9.17) is 0 Å². The third-order valence-electron chi connectivity index (χ3n) is 2.44. The fourth-order valence-corrected chi connectivity index (χ4v) is 1.55. The van der Waals surface area contributed by atoms with Gasteiger partial charge in [0, 0.05) is 5.56 Å². The van der Waals surface area contributed by atoms with Crippen LogP contribution >= 0.6 is 0 Å². The number of benzene rings is 2. The lowest BCUT2D eigenvalue weighted by atomic mass is 10.0. The van der Waals surface area contributed by atoms with E-state index in [2.05, 4.69) is 6.58 Å². The zero-order chi connectivity index (χ0) is 11.5. The molecule has 80 valence electrons. The van der Waals surface area contributed by atoms with Crippen molar-refractivity contribution in [2.45, 2.75) is 0 Å². The molecule has 2 nitrogen and oxygen atoms in total. The first-order chi connectivity index (χ1) is 7.70. The van der Waals surface area contributed by atoms with Crippen molar-refractivity contribution in [1.82, 2.24) is 0 Å².